The van der Waals surface area contributed by atoms with Gasteiger partial charge in [-0.1, -0.05) is 12.1 Å². The minimum Gasteiger partial charge on any atom is -0.467 e. The molecule has 2 rings (SSSR count). The summed E-state index contributed by atoms with van der Waals surface area (Å²) in [5.74, 6) is -0.671. The summed E-state index contributed by atoms with van der Waals surface area (Å²) in [6, 6.07) is 4.09. The number of hydrogen-bond donors (Lipinski definition) is 0. The van der Waals surface area contributed by atoms with E-state index in [1.165, 1.54) is 40.5 Å². The molecule has 1 saturated heterocycles. The van der Waals surface area contributed by atoms with Crippen LogP contribution >= 0.6 is 0 Å². The number of nitro groups is 1. The van der Waals surface area contributed by atoms with E-state index >= 15 is 0 Å². The zero-order valence-corrected chi connectivity index (χ0v) is 17.7. The standard InChI is InChI=1S/C17H24N2O10S/c1-18(30(23,24)13-8-6-5-7-11(13)19(21)22)12-9-28-16(17(26-3)27-4)15(12)29-10-14(20)25-2/h5-8,12,15-17H,9-10H2,1-4H3/t12-,15+,16+/m0/s1. The van der Waals surface area contributed by atoms with Gasteiger partial charge in [0.15, 0.2) is 11.2 Å². The monoisotopic (exact) mass is 448 g/mol. The zero-order chi connectivity index (χ0) is 22.5. The first-order chi connectivity index (χ1) is 14.2. The highest BCUT2D eigenvalue weighted by Gasteiger charge is 2.48. The van der Waals surface area contributed by atoms with E-state index in [-0.39, 0.29) is 6.61 Å². The van der Waals surface area contributed by atoms with Crippen LogP contribution in [0.4, 0.5) is 5.69 Å². The molecule has 13 heteroatoms. The van der Waals surface area contributed by atoms with Gasteiger partial charge >= 0.3 is 5.97 Å². The van der Waals surface area contributed by atoms with E-state index in [1.54, 1.807) is 0 Å². The van der Waals surface area contributed by atoms with Crippen LogP contribution in [0, 0.1) is 10.1 Å². The van der Waals surface area contributed by atoms with Crippen LogP contribution in [-0.4, -0.2) is 89.7 Å². The Bertz CT molecular complexity index is 858. The van der Waals surface area contributed by atoms with Gasteiger partial charge in [0, 0.05) is 27.3 Å². The van der Waals surface area contributed by atoms with Gasteiger partial charge in [0.2, 0.25) is 10.0 Å². The Balaban J connectivity index is 2.38. The van der Waals surface area contributed by atoms with E-state index in [2.05, 4.69) is 4.74 Å². The summed E-state index contributed by atoms with van der Waals surface area (Å²) < 4.78 is 53.4. The van der Waals surface area contributed by atoms with E-state index in [4.69, 9.17) is 18.9 Å². The Morgan fingerprint density at radius 3 is 2.50 bits per heavy atom. The molecule has 0 saturated carbocycles. The molecule has 0 amide bonds. The molecule has 1 heterocycles. The number of carbonyl (C=O) groups excluding carboxylic acids is 1. The highest BCUT2D eigenvalue weighted by molar-refractivity contribution is 7.89. The van der Waals surface area contributed by atoms with Crippen molar-refractivity contribution in [3.8, 4) is 0 Å². The van der Waals surface area contributed by atoms with E-state index in [9.17, 15) is 23.3 Å². The third-order valence-electron chi connectivity index (χ3n) is 4.70. The fourth-order valence-corrected chi connectivity index (χ4v) is 4.62. The molecule has 0 radical (unpaired) electrons. The predicted molar refractivity (Wildman–Crippen MR) is 101 cm³/mol. The first kappa shape index (κ1) is 24.1. The van der Waals surface area contributed by atoms with Gasteiger partial charge in [0.25, 0.3) is 5.69 Å². The number of benzene rings is 1. The van der Waals surface area contributed by atoms with Gasteiger partial charge in [0.05, 0.1) is 24.7 Å². The van der Waals surface area contributed by atoms with E-state index in [1.807, 2.05) is 0 Å². The largest absolute Gasteiger partial charge is 0.467 e. The van der Waals surface area contributed by atoms with Crippen molar-refractivity contribution in [3.05, 3.63) is 34.4 Å². The number of para-hydroxylation sites is 1. The van der Waals surface area contributed by atoms with Crippen molar-refractivity contribution in [2.24, 2.45) is 0 Å². The zero-order valence-electron chi connectivity index (χ0n) is 16.9. The van der Waals surface area contributed by atoms with Crippen LogP contribution in [0.5, 0.6) is 0 Å². The van der Waals surface area contributed by atoms with Crippen LogP contribution in [0.15, 0.2) is 29.2 Å². The molecular weight excluding hydrogens is 424 g/mol. The van der Waals surface area contributed by atoms with Crippen LogP contribution in [0.3, 0.4) is 0 Å². The lowest BCUT2D eigenvalue weighted by Gasteiger charge is -2.31. The number of hydrogen-bond acceptors (Lipinski definition) is 10. The number of ether oxygens (including phenoxy) is 5. The lowest BCUT2D eigenvalue weighted by molar-refractivity contribution is -0.387. The molecule has 1 fully saturated rings. The van der Waals surface area contributed by atoms with Gasteiger partial charge in [-0.05, 0) is 6.07 Å². The Hall–Kier alpha value is -2.16. The molecule has 1 aliphatic heterocycles. The third-order valence-corrected chi connectivity index (χ3v) is 6.63. The van der Waals surface area contributed by atoms with Crippen molar-refractivity contribution in [3.63, 3.8) is 0 Å². The molecule has 12 nitrogen and oxygen atoms in total. The van der Waals surface area contributed by atoms with Gasteiger partial charge in [-0.15, -0.1) is 0 Å². The smallest absolute Gasteiger partial charge is 0.331 e. The lowest BCUT2D eigenvalue weighted by Crippen LogP contribution is -2.50. The predicted octanol–water partition coefficient (Wildman–Crippen LogP) is 0.160. The molecule has 0 aliphatic carbocycles. The van der Waals surface area contributed by atoms with Crippen molar-refractivity contribution in [1.82, 2.24) is 4.31 Å². The van der Waals surface area contributed by atoms with Crippen LogP contribution < -0.4 is 0 Å². The number of methoxy groups -OCH3 is 3. The summed E-state index contributed by atoms with van der Waals surface area (Å²) in [5.41, 5.74) is -0.557. The number of nitrogens with zero attached hydrogens (tertiary/aromatic N) is 2. The maximum Gasteiger partial charge on any atom is 0.331 e. The molecule has 0 bridgehead atoms. The first-order valence-electron chi connectivity index (χ1n) is 8.76. The topological polar surface area (TPSA) is 144 Å². The Kier molecular flexibility index (Phi) is 8.23. The number of rotatable bonds is 10. The van der Waals surface area contributed by atoms with Gasteiger partial charge < -0.3 is 23.7 Å². The molecule has 1 aromatic carbocycles. The summed E-state index contributed by atoms with van der Waals surface area (Å²) in [7, 11) is 0.878. The molecule has 0 aromatic heterocycles. The Morgan fingerprint density at radius 1 is 1.30 bits per heavy atom. The number of likely N-dealkylation sites (N-methyl/N-ethyl adjacent to an activating group) is 1. The average Bonchev–Trinajstić information content (AvgIpc) is 3.15. The number of nitro benzene ring substituents is 1. The second-order valence-electron chi connectivity index (χ2n) is 6.30. The van der Waals surface area contributed by atoms with Crippen molar-refractivity contribution in [1.29, 1.82) is 0 Å². The molecular formula is C17H24N2O10S. The number of carbonyl (C=O) groups is 1. The van der Waals surface area contributed by atoms with Gasteiger partial charge in [0.1, 0.15) is 18.8 Å². The summed E-state index contributed by atoms with van der Waals surface area (Å²) in [6.07, 6.45) is -2.74. The normalized spacial score (nSPS) is 21.9. The lowest BCUT2D eigenvalue weighted by atomic mass is 10.1. The van der Waals surface area contributed by atoms with Crippen molar-refractivity contribution in [2.45, 2.75) is 29.4 Å². The summed E-state index contributed by atoms with van der Waals surface area (Å²) in [5, 5.41) is 11.3. The van der Waals surface area contributed by atoms with Crippen LogP contribution in [0.25, 0.3) is 0 Å². The summed E-state index contributed by atoms with van der Waals surface area (Å²) >= 11 is 0. The van der Waals surface area contributed by atoms with Crippen molar-refractivity contribution in [2.75, 3.05) is 41.6 Å². The average molecular weight is 448 g/mol. The van der Waals surface area contributed by atoms with E-state index < -0.39 is 62.6 Å². The van der Waals surface area contributed by atoms with E-state index in [0.717, 1.165) is 16.4 Å². The molecule has 0 spiro atoms. The molecule has 30 heavy (non-hydrogen) atoms. The van der Waals surface area contributed by atoms with Gasteiger partial charge in [-0.3, -0.25) is 10.1 Å². The van der Waals surface area contributed by atoms with E-state index in [0.29, 0.717) is 0 Å². The molecule has 3 atom stereocenters. The second kappa shape index (κ2) is 10.2. The molecule has 0 unspecified atom stereocenters. The fourth-order valence-electron chi connectivity index (χ4n) is 3.12. The number of sulfonamides is 1. The highest BCUT2D eigenvalue weighted by Crippen LogP contribution is 2.32. The van der Waals surface area contributed by atoms with Crippen molar-refractivity contribution < 1.29 is 41.8 Å². The van der Waals surface area contributed by atoms with Gasteiger partial charge in [-0.25, -0.2) is 13.2 Å². The summed E-state index contributed by atoms with van der Waals surface area (Å²) in [6.45, 7) is -0.576. The van der Waals surface area contributed by atoms with Crippen molar-refractivity contribution >= 4 is 21.7 Å². The quantitative estimate of drug-likeness (QED) is 0.210. The van der Waals surface area contributed by atoms with Gasteiger partial charge in [-0.2, -0.15) is 4.31 Å². The second-order valence-corrected chi connectivity index (χ2v) is 8.27. The fraction of sp³-hybridized carbons (Fsp3) is 0.588. The maximum absolute atomic E-state index is 13.2. The SMILES string of the molecule is COC(=O)CO[C@H]1[C@H](C(OC)OC)OC[C@@H]1N(C)S(=O)(=O)c1ccccc1[N+](=O)[O-]. The first-order valence-corrected chi connectivity index (χ1v) is 10.2. The third kappa shape index (κ3) is 4.94. The minimum absolute atomic E-state index is 0.115. The number of esters is 1. The Labute approximate surface area is 173 Å². The summed E-state index contributed by atoms with van der Waals surface area (Å²) in [4.78, 5) is 21.6. The maximum atomic E-state index is 13.2. The van der Waals surface area contributed by atoms with Crippen LogP contribution in [-0.2, 0) is 38.5 Å². The highest BCUT2D eigenvalue weighted by atomic mass is 32.2. The Morgan fingerprint density at radius 2 is 1.93 bits per heavy atom. The minimum atomic E-state index is -4.30. The van der Waals surface area contributed by atoms with Crippen LogP contribution in [0.2, 0.25) is 0 Å². The van der Waals surface area contributed by atoms with Crippen LogP contribution in [0.1, 0.15) is 0 Å². The molecule has 1 aliphatic rings. The molecule has 1 aromatic rings. The molecule has 0 N–H and O–H groups in total. The molecule has 168 valence electrons.